The van der Waals surface area contributed by atoms with Crippen molar-refractivity contribution in [3.8, 4) is 17.5 Å². The summed E-state index contributed by atoms with van der Waals surface area (Å²) < 4.78 is 5.09. The van der Waals surface area contributed by atoms with Gasteiger partial charge < -0.3 is 4.42 Å². The fraction of sp³-hybridized carbons (Fsp3) is 0.0556. The highest BCUT2D eigenvalue weighted by molar-refractivity contribution is 5.55. The van der Waals surface area contributed by atoms with E-state index in [1.54, 1.807) is 24.5 Å². The average Bonchev–Trinajstić information content (AvgIpc) is 3.22. The molecule has 27 heavy (non-hydrogen) atoms. The molecule has 130 valence electrons. The molecule has 0 fully saturated rings. The smallest absolute Gasteiger partial charge is 0.322 e. The summed E-state index contributed by atoms with van der Waals surface area (Å²) in [4.78, 5) is 17.5. The minimum atomic E-state index is 0.183. The van der Waals surface area contributed by atoms with Crippen molar-refractivity contribution in [3.63, 3.8) is 0 Å². The Kier molecular flexibility index (Phi) is 4.44. The summed E-state index contributed by atoms with van der Waals surface area (Å²) in [5.74, 6) is 1.32. The molecule has 0 saturated heterocycles. The number of rotatable bonds is 5. The van der Waals surface area contributed by atoms with E-state index in [1.165, 1.54) is 6.39 Å². The summed E-state index contributed by atoms with van der Waals surface area (Å²) in [6, 6.07) is 13.2. The molecule has 0 unspecified atom stereocenters. The van der Waals surface area contributed by atoms with Crippen molar-refractivity contribution < 1.29 is 4.42 Å². The second kappa shape index (κ2) is 7.37. The first-order valence-corrected chi connectivity index (χ1v) is 7.98. The highest BCUT2D eigenvalue weighted by Gasteiger charge is 2.11. The maximum atomic E-state index is 8.92. The van der Waals surface area contributed by atoms with Crippen molar-refractivity contribution in [2.45, 2.75) is 6.42 Å². The van der Waals surface area contributed by atoms with Crippen molar-refractivity contribution in [2.75, 3.05) is 5.32 Å². The Morgan fingerprint density at radius 2 is 1.96 bits per heavy atom. The highest BCUT2D eigenvalue weighted by Crippen LogP contribution is 2.18. The number of aromatic nitrogens is 6. The van der Waals surface area contributed by atoms with E-state index in [9.17, 15) is 0 Å². The number of nitriles is 1. The molecule has 0 saturated carbocycles. The lowest BCUT2D eigenvalue weighted by molar-refractivity contribution is 0.570. The Morgan fingerprint density at radius 3 is 2.67 bits per heavy atom. The molecule has 9 nitrogen and oxygen atoms in total. The van der Waals surface area contributed by atoms with Gasteiger partial charge in [0.1, 0.15) is 5.82 Å². The monoisotopic (exact) mass is 356 g/mol. The summed E-state index contributed by atoms with van der Waals surface area (Å²) in [7, 11) is 0. The van der Waals surface area contributed by atoms with E-state index in [1.807, 2.05) is 24.3 Å². The number of benzene rings is 1. The maximum absolute atomic E-state index is 8.92. The molecule has 0 atom stereocenters. The Bertz CT molecular complexity index is 1070. The summed E-state index contributed by atoms with van der Waals surface area (Å²) in [6.45, 7) is 0. The molecule has 0 bridgehead atoms. The van der Waals surface area contributed by atoms with Crippen LogP contribution in [-0.2, 0) is 6.42 Å². The second-order valence-electron chi connectivity index (χ2n) is 5.49. The van der Waals surface area contributed by atoms with Crippen LogP contribution in [0.2, 0.25) is 0 Å². The summed E-state index contributed by atoms with van der Waals surface area (Å²) in [5.41, 5.74) is 2.33. The molecule has 9 heteroatoms. The third kappa shape index (κ3) is 3.91. The van der Waals surface area contributed by atoms with Crippen molar-refractivity contribution in [3.05, 3.63) is 72.1 Å². The molecule has 0 amide bonds. The molecule has 4 rings (SSSR count). The molecule has 0 aliphatic heterocycles. The zero-order valence-corrected chi connectivity index (χ0v) is 13.9. The molecule has 0 radical (unpaired) electrons. The molecule has 1 N–H and O–H groups in total. The lowest BCUT2D eigenvalue weighted by atomic mass is 10.1. The Balaban J connectivity index is 1.69. The van der Waals surface area contributed by atoms with E-state index >= 15 is 0 Å². The molecule has 3 aromatic heterocycles. The van der Waals surface area contributed by atoms with Gasteiger partial charge in [0.2, 0.25) is 12.3 Å². The molecule has 0 spiro atoms. The van der Waals surface area contributed by atoms with Crippen molar-refractivity contribution >= 4 is 12.0 Å². The zero-order valence-electron chi connectivity index (χ0n) is 13.9. The summed E-state index contributed by atoms with van der Waals surface area (Å²) >= 11 is 0. The molecule has 0 aliphatic rings. The van der Waals surface area contributed by atoms with Crippen molar-refractivity contribution in [1.29, 1.82) is 5.26 Å². The molecular weight excluding hydrogens is 344 g/mol. The Labute approximate surface area is 153 Å². The van der Waals surface area contributed by atoms with Gasteiger partial charge in [-0.25, -0.2) is 4.98 Å². The van der Waals surface area contributed by atoms with E-state index < -0.39 is 0 Å². The number of pyridine rings is 1. The largest absolute Gasteiger partial charge is 0.411 e. The molecule has 4 aromatic rings. The zero-order chi connectivity index (χ0) is 18.5. The normalized spacial score (nSPS) is 10.3. The van der Waals surface area contributed by atoms with Crippen LogP contribution in [0, 0.1) is 11.3 Å². The van der Waals surface area contributed by atoms with Crippen molar-refractivity contribution in [1.82, 2.24) is 30.1 Å². The van der Waals surface area contributed by atoms with Crippen LogP contribution in [0.25, 0.3) is 11.4 Å². The van der Waals surface area contributed by atoms with Crippen molar-refractivity contribution in [2.24, 2.45) is 0 Å². The van der Waals surface area contributed by atoms with Gasteiger partial charge in [-0.05, 0) is 29.8 Å². The van der Waals surface area contributed by atoms with E-state index in [-0.39, 0.29) is 12.0 Å². The lowest BCUT2D eigenvalue weighted by Gasteiger charge is -2.07. The molecule has 3 heterocycles. The fourth-order valence-electron chi connectivity index (χ4n) is 2.38. The van der Waals surface area contributed by atoms with Gasteiger partial charge in [-0.15, -0.1) is 5.10 Å². The van der Waals surface area contributed by atoms with Gasteiger partial charge >= 0.3 is 6.01 Å². The third-order valence-corrected chi connectivity index (χ3v) is 3.63. The minimum absolute atomic E-state index is 0.183. The quantitative estimate of drug-likeness (QED) is 0.574. The van der Waals surface area contributed by atoms with Gasteiger partial charge in [0, 0.05) is 24.4 Å². The molecular formula is C18H12N8O. The van der Waals surface area contributed by atoms with Crippen LogP contribution in [0.15, 0.2) is 59.6 Å². The number of nitrogens with one attached hydrogen (secondary N) is 1. The van der Waals surface area contributed by atoms with Crippen LogP contribution in [0.5, 0.6) is 0 Å². The van der Waals surface area contributed by atoms with Gasteiger partial charge in [0.15, 0.2) is 5.82 Å². The van der Waals surface area contributed by atoms with Crippen LogP contribution in [-0.4, -0.2) is 30.1 Å². The van der Waals surface area contributed by atoms with E-state index in [0.717, 1.165) is 11.1 Å². The van der Waals surface area contributed by atoms with E-state index in [0.29, 0.717) is 23.6 Å². The average molecular weight is 356 g/mol. The number of nitrogens with zero attached hydrogens (tertiary/aromatic N) is 7. The predicted octanol–water partition coefficient (Wildman–Crippen LogP) is 2.52. The third-order valence-electron chi connectivity index (χ3n) is 3.63. The van der Waals surface area contributed by atoms with Crippen LogP contribution in [0.4, 0.5) is 12.0 Å². The molecule has 1 aromatic carbocycles. The first-order valence-electron chi connectivity index (χ1n) is 7.98. The SMILES string of the molecule is N#Cc1ccc(Cc2nc(Nc3nnco3)nc(-c3cccnc3)n2)cc1. The van der Waals surface area contributed by atoms with Crippen LogP contribution in [0.3, 0.4) is 0 Å². The first kappa shape index (κ1) is 16.3. The topological polar surface area (TPSA) is 126 Å². The summed E-state index contributed by atoms with van der Waals surface area (Å²) in [6.07, 6.45) is 5.04. The van der Waals surface area contributed by atoms with Gasteiger partial charge in [0.05, 0.1) is 11.6 Å². The van der Waals surface area contributed by atoms with Gasteiger partial charge in [-0.3, -0.25) is 10.3 Å². The Hall–Kier alpha value is -4.19. The predicted molar refractivity (Wildman–Crippen MR) is 94.6 cm³/mol. The van der Waals surface area contributed by atoms with E-state index in [4.69, 9.17) is 9.68 Å². The van der Waals surface area contributed by atoms with Gasteiger partial charge in [-0.1, -0.05) is 17.2 Å². The lowest BCUT2D eigenvalue weighted by Crippen LogP contribution is -2.06. The number of hydrogen-bond acceptors (Lipinski definition) is 9. The van der Waals surface area contributed by atoms with Gasteiger partial charge in [0.25, 0.3) is 0 Å². The minimum Gasteiger partial charge on any atom is -0.411 e. The Morgan fingerprint density at radius 1 is 1.07 bits per heavy atom. The van der Waals surface area contributed by atoms with Crippen LogP contribution < -0.4 is 5.32 Å². The van der Waals surface area contributed by atoms with Gasteiger partial charge in [-0.2, -0.15) is 15.2 Å². The fourth-order valence-corrected chi connectivity index (χ4v) is 2.38. The standard InChI is InChI=1S/C18H12N8O/c19-9-13-5-3-12(4-6-13)8-15-22-16(14-2-1-7-20-10-14)24-17(23-15)25-18-26-21-11-27-18/h1-7,10-11H,8H2,(H,22,23,24,25,26). The van der Waals surface area contributed by atoms with E-state index in [2.05, 4.69) is 41.5 Å². The highest BCUT2D eigenvalue weighted by atomic mass is 16.4. The number of hydrogen-bond donors (Lipinski definition) is 1. The van der Waals surface area contributed by atoms with Crippen LogP contribution in [0.1, 0.15) is 17.0 Å². The number of anilines is 2. The summed E-state index contributed by atoms with van der Waals surface area (Å²) in [5, 5.41) is 19.2. The molecule has 0 aliphatic carbocycles. The first-order chi connectivity index (χ1) is 13.3. The van der Waals surface area contributed by atoms with Crippen LogP contribution >= 0.6 is 0 Å². The second-order valence-corrected chi connectivity index (χ2v) is 5.49. The maximum Gasteiger partial charge on any atom is 0.322 e.